The van der Waals surface area contributed by atoms with Crippen LogP contribution in [0.4, 0.5) is 0 Å². The molecule has 0 spiro atoms. The first-order valence-corrected chi connectivity index (χ1v) is 8.10. The van der Waals surface area contributed by atoms with Crippen LogP contribution in [0.15, 0.2) is 54.6 Å². The molecule has 1 aliphatic rings. The Morgan fingerprint density at radius 1 is 1.05 bits per heavy atom. The zero-order chi connectivity index (χ0) is 15.0. The summed E-state index contributed by atoms with van der Waals surface area (Å²) in [4.78, 5) is 0. The van der Waals surface area contributed by atoms with E-state index >= 15 is 0 Å². The van der Waals surface area contributed by atoms with Gasteiger partial charge in [-0.2, -0.15) is 0 Å². The molecular formula is C19H24N2O. The molecule has 2 aromatic carbocycles. The number of rotatable bonds is 6. The van der Waals surface area contributed by atoms with E-state index in [9.17, 15) is 0 Å². The van der Waals surface area contributed by atoms with E-state index in [2.05, 4.69) is 41.0 Å². The number of para-hydroxylation sites is 1. The minimum atomic E-state index is 0.566. The number of benzene rings is 2. The molecule has 2 aromatic rings. The molecule has 1 atom stereocenters. The number of piperidine rings is 1. The Bertz CT molecular complexity index is 565. The van der Waals surface area contributed by atoms with Crippen LogP contribution in [0, 0.1) is 0 Å². The lowest BCUT2D eigenvalue weighted by atomic mass is 10.1. The largest absolute Gasteiger partial charge is 0.489 e. The summed E-state index contributed by atoms with van der Waals surface area (Å²) < 4.78 is 6.01. The molecule has 2 N–H and O–H groups in total. The van der Waals surface area contributed by atoms with E-state index in [0.29, 0.717) is 12.6 Å². The topological polar surface area (TPSA) is 33.3 Å². The molecule has 1 saturated heterocycles. The lowest BCUT2D eigenvalue weighted by molar-refractivity contribution is 0.300. The van der Waals surface area contributed by atoms with Crippen LogP contribution in [0.25, 0.3) is 0 Å². The Balaban J connectivity index is 1.57. The van der Waals surface area contributed by atoms with Gasteiger partial charge in [-0.05, 0) is 31.0 Å². The maximum Gasteiger partial charge on any atom is 0.124 e. The van der Waals surface area contributed by atoms with E-state index < -0.39 is 0 Å². The fourth-order valence-electron chi connectivity index (χ4n) is 2.81. The van der Waals surface area contributed by atoms with Gasteiger partial charge in [0.15, 0.2) is 0 Å². The van der Waals surface area contributed by atoms with Gasteiger partial charge in [0.05, 0.1) is 0 Å². The monoisotopic (exact) mass is 296 g/mol. The van der Waals surface area contributed by atoms with Gasteiger partial charge in [-0.15, -0.1) is 0 Å². The predicted molar refractivity (Wildman–Crippen MR) is 89.9 cm³/mol. The van der Waals surface area contributed by atoms with Crippen LogP contribution >= 0.6 is 0 Å². The highest BCUT2D eigenvalue weighted by molar-refractivity contribution is 5.33. The van der Waals surface area contributed by atoms with Crippen molar-refractivity contribution in [3.8, 4) is 5.75 Å². The maximum atomic E-state index is 6.01. The van der Waals surface area contributed by atoms with E-state index in [1.807, 2.05) is 24.3 Å². The SMILES string of the molecule is c1ccc(COc2ccccc2CNC2CCCNC2)cc1. The second-order valence-electron chi connectivity index (χ2n) is 5.81. The van der Waals surface area contributed by atoms with Gasteiger partial charge in [-0.1, -0.05) is 48.5 Å². The molecule has 1 aliphatic heterocycles. The molecule has 3 rings (SSSR count). The molecule has 0 saturated carbocycles. The van der Waals surface area contributed by atoms with E-state index in [4.69, 9.17) is 4.74 Å². The first-order valence-electron chi connectivity index (χ1n) is 8.10. The van der Waals surface area contributed by atoms with Crippen molar-refractivity contribution < 1.29 is 4.74 Å². The molecule has 116 valence electrons. The molecule has 0 aromatic heterocycles. The summed E-state index contributed by atoms with van der Waals surface area (Å²) in [6, 6.07) is 19.2. The van der Waals surface area contributed by atoms with Crippen molar-refractivity contribution in [2.24, 2.45) is 0 Å². The molecule has 1 fully saturated rings. The minimum Gasteiger partial charge on any atom is -0.489 e. The molecule has 1 heterocycles. The lowest BCUT2D eigenvalue weighted by Gasteiger charge is -2.24. The molecule has 0 aliphatic carbocycles. The summed E-state index contributed by atoms with van der Waals surface area (Å²) in [5.74, 6) is 0.975. The summed E-state index contributed by atoms with van der Waals surface area (Å²) in [6.07, 6.45) is 2.50. The second kappa shape index (κ2) is 7.97. The first-order chi connectivity index (χ1) is 10.9. The van der Waals surface area contributed by atoms with Crippen LogP contribution in [0.2, 0.25) is 0 Å². The Kier molecular flexibility index (Phi) is 5.46. The zero-order valence-electron chi connectivity index (χ0n) is 12.9. The van der Waals surface area contributed by atoms with Gasteiger partial charge >= 0.3 is 0 Å². The number of hydrogen-bond acceptors (Lipinski definition) is 3. The normalized spacial score (nSPS) is 18.1. The summed E-state index contributed by atoms with van der Waals surface area (Å²) in [5, 5.41) is 7.07. The van der Waals surface area contributed by atoms with Crippen molar-refractivity contribution in [3.63, 3.8) is 0 Å². The van der Waals surface area contributed by atoms with Gasteiger partial charge in [0.2, 0.25) is 0 Å². The van der Waals surface area contributed by atoms with Gasteiger partial charge < -0.3 is 15.4 Å². The molecule has 3 heteroatoms. The molecule has 0 bridgehead atoms. The van der Waals surface area contributed by atoms with Crippen molar-refractivity contribution in [2.75, 3.05) is 13.1 Å². The second-order valence-corrected chi connectivity index (χ2v) is 5.81. The average molecular weight is 296 g/mol. The van der Waals surface area contributed by atoms with Crippen molar-refractivity contribution in [2.45, 2.75) is 32.0 Å². The minimum absolute atomic E-state index is 0.566. The van der Waals surface area contributed by atoms with Crippen LogP contribution in [-0.4, -0.2) is 19.1 Å². The highest BCUT2D eigenvalue weighted by Gasteiger charge is 2.12. The number of hydrogen-bond donors (Lipinski definition) is 2. The molecule has 0 radical (unpaired) electrons. The molecule has 0 amide bonds. The smallest absolute Gasteiger partial charge is 0.124 e. The fourth-order valence-corrected chi connectivity index (χ4v) is 2.81. The molecule has 3 nitrogen and oxygen atoms in total. The van der Waals surface area contributed by atoms with Crippen LogP contribution in [-0.2, 0) is 13.2 Å². The van der Waals surface area contributed by atoms with Gasteiger partial charge in [0.25, 0.3) is 0 Å². The quantitative estimate of drug-likeness (QED) is 0.859. The third kappa shape index (κ3) is 4.33. The lowest BCUT2D eigenvalue weighted by Crippen LogP contribution is -2.42. The fraction of sp³-hybridized carbons (Fsp3) is 0.368. The van der Waals surface area contributed by atoms with Gasteiger partial charge in [-0.3, -0.25) is 0 Å². The molecule has 22 heavy (non-hydrogen) atoms. The van der Waals surface area contributed by atoms with Crippen LogP contribution in [0.3, 0.4) is 0 Å². The zero-order valence-corrected chi connectivity index (χ0v) is 12.9. The first kappa shape index (κ1) is 15.1. The number of nitrogens with one attached hydrogen (secondary N) is 2. The van der Waals surface area contributed by atoms with Crippen molar-refractivity contribution in [3.05, 3.63) is 65.7 Å². The van der Waals surface area contributed by atoms with Gasteiger partial charge in [-0.25, -0.2) is 0 Å². The van der Waals surface area contributed by atoms with Crippen LogP contribution in [0.1, 0.15) is 24.0 Å². The predicted octanol–water partition coefficient (Wildman–Crippen LogP) is 3.11. The van der Waals surface area contributed by atoms with Gasteiger partial charge in [0.1, 0.15) is 12.4 Å². The summed E-state index contributed by atoms with van der Waals surface area (Å²) >= 11 is 0. The van der Waals surface area contributed by atoms with Crippen LogP contribution < -0.4 is 15.4 Å². The Hall–Kier alpha value is -1.84. The molecular weight excluding hydrogens is 272 g/mol. The van der Waals surface area contributed by atoms with E-state index in [1.54, 1.807) is 0 Å². The third-order valence-corrected chi connectivity index (χ3v) is 4.09. The highest BCUT2D eigenvalue weighted by atomic mass is 16.5. The summed E-state index contributed by atoms with van der Waals surface area (Å²) in [5.41, 5.74) is 2.42. The Morgan fingerprint density at radius 3 is 2.68 bits per heavy atom. The number of ether oxygens (including phenoxy) is 1. The van der Waals surface area contributed by atoms with Crippen LogP contribution in [0.5, 0.6) is 5.75 Å². The van der Waals surface area contributed by atoms with Gasteiger partial charge in [0, 0.05) is 24.7 Å². The Labute approximate surface area is 132 Å². The molecule has 1 unspecified atom stereocenters. The van der Waals surface area contributed by atoms with E-state index in [0.717, 1.165) is 25.4 Å². The standard InChI is InChI=1S/C19H24N2O/c1-2-7-16(8-3-1)15-22-19-11-5-4-9-17(19)13-21-18-10-6-12-20-14-18/h1-5,7-9,11,18,20-21H,6,10,12-15H2. The summed E-state index contributed by atoms with van der Waals surface area (Å²) in [6.45, 7) is 3.68. The summed E-state index contributed by atoms with van der Waals surface area (Å²) in [7, 11) is 0. The third-order valence-electron chi connectivity index (χ3n) is 4.09. The van der Waals surface area contributed by atoms with Crippen molar-refractivity contribution in [1.29, 1.82) is 0 Å². The van der Waals surface area contributed by atoms with E-state index in [1.165, 1.54) is 24.0 Å². The highest BCUT2D eigenvalue weighted by Crippen LogP contribution is 2.19. The van der Waals surface area contributed by atoms with E-state index in [-0.39, 0.29) is 0 Å². The average Bonchev–Trinajstić information content (AvgIpc) is 2.61. The Morgan fingerprint density at radius 2 is 1.86 bits per heavy atom. The van der Waals surface area contributed by atoms with Crippen molar-refractivity contribution >= 4 is 0 Å². The maximum absolute atomic E-state index is 6.01. The van der Waals surface area contributed by atoms with Crippen molar-refractivity contribution in [1.82, 2.24) is 10.6 Å².